The van der Waals surface area contributed by atoms with Gasteiger partial charge in [0.25, 0.3) is 0 Å². The van der Waals surface area contributed by atoms with Crippen molar-refractivity contribution >= 4 is 0 Å². The molecule has 0 heterocycles. The van der Waals surface area contributed by atoms with Crippen LogP contribution in [0, 0.1) is 0 Å². The Morgan fingerprint density at radius 2 is 1.76 bits per heavy atom. The summed E-state index contributed by atoms with van der Waals surface area (Å²) in [6, 6.07) is 9.20. The molecule has 1 atom stereocenters. The molecule has 0 radical (unpaired) electrons. The molecule has 1 aromatic rings. The van der Waals surface area contributed by atoms with Gasteiger partial charge in [-0.05, 0) is 48.9 Å². The number of nitrogens with one attached hydrogen (secondary N) is 1. The van der Waals surface area contributed by atoms with Gasteiger partial charge >= 0.3 is 0 Å². The Labute approximate surface area is 107 Å². The lowest BCUT2D eigenvalue weighted by atomic mass is 9.80. The molecule has 0 aliphatic carbocycles. The van der Waals surface area contributed by atoms with Gasteiger partial charge in [0.2, 0.25) is 0 Å². The second-order valence-corrected chi connectivity index (χ2v) is 5.67. The van der Waals surface area contributed by atoms with Gasteiger partial charge in [-0.15, -0.1) is 0 Å². The first-order chi connectivity index (χ1) is 8.01. The van der Waals surface area contributed by atoms with Crippen LogP contribution in [0.25, 0.3) is 0 Å². The predicted octanol–water partition coefficient (Wildman–Crippen LogP) is 4.09. The van der Waals surface area contributed by atoms with Crippen LogP contribution in [0.5, 0.6) is 0 Å². The molecule has 0 saturated heterocycles. The Bertz CT molecular complexity index is 324. The Balaban J connectivity index is 2.79. The quantitative estimate of drug-likeness (QED) is 0.780. The third-order valence-corrected chi connectivity index (χ3v) is 3.87. The van der Waals surface area contributed by atoms with Crippen LogP contribution in [0.3, 0.4) is 0 Å². The number of benzene rings is 1. The summed E-state index contributed by atoms with van der Waals surface area (Å²) in [6.45, 7) is 10.3. The molecule has 0 bridgehead atoms. The van der Waals surface area contributed by atoms with Crippen molar-refractivity contribution in [3.8, 4) is 0 Å². The molecule has 0 fully saturated rings. The van der Waals surface area contributed by atoms with Crippen LogP contribution in [-0.4, -0.2) is 13.6 Å². The van der Waals surface area contributed by atoms with Gasteiger partial charge in [0, 0.05) is 0 Å². The molecule has 1 unspecified atom stereocenters. The molecular weight excluding hydrogens is 206 g/mol. The molecule has 96 valence electrons. The fourth-order valence-electron chi connectivity index (χ4n) is 2.08. The fraction of sp³-hybridized carbons (Fsp3) is 0.625. The van der Waals surface area contributed by atoms with Crippen LogP contribution < -0.4 is 5.32 Å². The number of hydrogen-bond donors (Lipinski definition) is 1. The van der Waals surface area contributed by atoms with Crippen molar-refractivity contribution < 1.29 is 0 Å². The van der Waals surface area contributed by atoms with Crippen LogP contribution in [0.15, 0.2) is 24.3 Å². The second kappa shape index (κ2) is 6.20. The van der Waals surface area contributed by atoms with Crippen LogP contribution in [0.4, 0.5) is 0 Å². The van der Waals surface area contributed by atoms with E-state index in [0.29, 0.717) is 5.92 Å². The van der Waals surface area contributed by atoms with E-state index in [1.807, 2.05) is 7.05 Å². The molecule has 0 aliphatic heterocycles. The first-order valence-corrected chi connectivity index (χ1v) is 6.76. The lowest BCUT2D eigenvalue weighted by Gasteiger charge is -2.25. The van der Waals surface area contributed by atoms with Crippen LogP contribution in [0.2, 0.25) is 0 Å². The summed E-state index contributed by atoms with van der Waals surface area (Å²) in [5.74, 6) is 0.671. The van der Waals surface area contributed by atoms with Crippen molar-refractivity contribution in [3.63, 3.8) is 0 Å². The highest BCUT2D eigenvalue weighted by Gasteiger charge is 2.19. The van der Waals surface area contributed by atoms with E-state index in [1.54, 1.807) is 0 Å². The van der Waals surface area contributed by atoms with E-state index < -0.39 is 0 Å². The van der Waals surface area contributed by atoms with E-state index in [9.17, 15) is 0 Å². The fourth-order valence-corrected chi connectivity index (χ4v) is 2.08. The third-order valence-electron chi connectivity index (χ3n) is 3.87. The number of rotatable bonds is 6. The maximum atomic E-state index is 3.23. The zero-order valence-electron chi connectivity index (χ0n) is 12.0. The molecule has 1 rings (SSSR count). The Morgan fingerprint density at radius 1 is 1.18 bits per heavy atom. The molecule has 1 nitrogen and oxygen atoms in total. The normalized spacial score (nSPS) is 13.7. The van der Waals surface area contributed by atoms with Gasteiger partial charge in [0.15, 0.2) is 0 Å². The predicted molar refractivity (Wildman–Crippen MR) is 76.7 cm³/mol. The van der Waals surface area contributed by atoms with E-state index in [2.05, 4.69) is 57.3 Å². The maximum Gasteiger partial charge on any atom is -0.00436 e. The first kappa shape index (κ1) is 14.2. The Kier molecular flexibility index (Phi) is 5.20. The van der Waals surface area contributed by atoms with E-state index >= 15 is 0 Å². The van der Waals surface area contributed by atoms with Crippen molar-refractivity contribution in [3.05, 3.63) is 35.4 Å². The highest BCUT2D eigenvalue weighted by atomic mass is 14.8. The van der Waals surface area contributed by atoms with E-state index in [0.717, 1.165) is 6.54 Å². The van der Waals surface area contributed by atoms with Gasteiger partial charge in [-0.2, -0.15) is 0 Å². The molecular formula is C16H27N. The molecule has 0 amide bonds. The van der Waals surface area contributed by atoms with Crippen LogP contribution in [-0.2, 0) is 5.41 Å². The molecule has 0 aliphatic rings. The maximum absolute atomic E-state index is 3.23. The van der Waals surface area contributed by atoms with Crippen molar-refractivity contribution in [2.45, 2.75) is 51.9 Å². The molecule has 17 heavy (non-hydrogen) atoms. The minimum absolute atomic E-state index is 0.261. The summed E-state index contributed by atoms with van der Waals surface area (Å²) in [4.78, 5) is 0. The minimum atomic E-state index is 0.261. The average Bonchev–Trinajstić information content (AvgIpc) is 2.35. The van der Waals surface area contributed by atoms with Crippen molar-refractivity contribution in [1.29, 1.82) is 0 Å². The Morgan fingerprint density at radius 3 is 2.24 bits per heavy atom. The summed E-state index contributed by atoms with van der Waals surface area (Å²) in [6.07, 6.45) is 2.38. The van der Waals surface area contributed by atoms with Crippen molar-refractivity contribution in [1.82, 2.24) is 5.32 Å². The molecule has 1 heteroatoms. The molecule has 0 aromatic heterocycles. The lowest BCUT2D eigenvalue weighted by molar-refractivity contribution is 0.468. The molecule has 0 saturated carbocycles. The monoisotopic (exact) mass is 233 g/mol. The summed E-state index contributed by atoms with van der Waals surface area (Å²) >= 11 is 0. The van der Waals surface area contributed by atoms with Gasteiger partial charge in [-0.3, -0.25) is 0 Å². The smallest absolute Gasteiger partial charge is 0.00436 e. The van der Waals surface area contributed by atoms with Gasteiger partial charge in [0.1, 0.15) is 0 Å². The highest BCUT2D eigenvalue weighted by Crippen LogP contribution is 2.28. The summed E-state index contributed by atoms with van der Waals surface area (Å²) < 4.78 is 0. The minimum Gasteiger partial charge on any atom is -0.320 e. The van der Waals surface area contributed by atoms with E-state index in [1.165, 1.54) is 24.0 Å². The van der Waals surface area contributed by atoms with Crippen LogP contribution in [0.1, 0.15) is 57.6 Å². The average molecular weight is 233 g/mol. The lowest BCUT2D eigenvalue weighted by Crippen LogP contribution is -2.23. The topological polar surface area (TPSA) is 12.0 Å². The standard InChI is InChI=1S/C16H27N/c1-6-13(2)14-7-9-15(10-8-14)16(3,4)11-12-17-5/h7-10,13,17H,6,11-12H2,1-5H3. The third kappa shape index (κ3) is 3.85. The van der Waals surface area contributed by atoms with Gasteiger partial charge in [0.05, 0.1) is 0 Å². The van der Waals surface area contributed by atoms with E-state index in [-0.39, 0.29) is 5.41 Å². The summed E-state index contributed by atoms with van der Waals surface area (Å²) in [5, 5.41) is 3.23. The zero-order valence-corrected chi connectivity index (χ0v) is 12.0. The first-order valence-electron chi connectivity index (χ1n) is 6.76. The molecule has 0 spiro atoms. The summed E-state index contributed by atoms with van der Waals surface area (Å²) in [7, 11) is 2.02. The molecule has 1 aromatic carbocycles. The number of hydrogen-bond acceptors (Lipinski definition) is 1. The zero-order chi connectivity index (χ0) is 12.9. The van der Waals surface area contributed by atoms with Gasteiger partial charge in [-0.25, -0.2) is 0 Å². The SMILES string of the molecule is CCC(C)c1ccc(C(C)(C)CCNC)cc1. The van der Waals surface area contributed by atoms with Gasteiger partial charge in [-0.1, -0.05) is 52.0 Å². The highest BCUT2D eigenvalue weighted by molar-refractivity contribution is 5.29. The largest absolute Gasteiger partial charge is 0.320 e. The van der Waals surface area contributed by atoms with Gasteiger partial charge < -0.3 is 5.32 Å². The second-order valence-electron chi connectivity index (χ2n) is 5.67. The van der Waals surface area contributed by atoms with Crippen molar-refractivity contribution in [2.75, 3.05) is 13.6 Å². The Hall–Kier alpha value is -0.820. The van der Waals surface area contributed by atoms with Crippen LogP contribution >= 0.6 is 0 Å². The van der Waals surface area contributed by atoms with E-state index in [4.69, 9.17) is 0 Å². The van der Waals surface area contributed by atoms with Crippen molar-refractivity contribution in [2.24, 2.45) is 0 Å². The molecule has 1 N–H and O–H groups in total. The summed E-state index contributed by atoms with van der Waals surface area (Å²) in [5.41, 5.74) is 3.16.